The standard InChI is InChI=1S/C24H32N2O2/c1-6-22(24(28)25-17(2)3)26(16-21-13-8-7-11-19(21)5)23(27)15-20-12-9-10-18(4)14-20/h7-14,17,22H,6,15-16H2,1-5H3,(H,25,28). The lowest BCUT2D eigenvalue weighted by Crippen LogP contribution is -2.50. The highest BCUT2D eigenvalue weighted by molar-refractivity contribution is 5.88. The van der Waals surface area contributed by atoms with Crippen molar-refractivity contribution >= 4 is 11.8 Å². The fourth-order valence-electron chi connectivity index (χ4n) is 3.37. The van der Waals surface area contributed by atoms with Crippen LogP contribution in [0.25, 0.3) is 0 Å². The van der Waals surface area contributed by atoms with Gasteiger partial charge in [-0.3, -0.25) is 9.59 Å². The highest BCUT2D eigenvalue weighted by atomic mass is 16.2. The minimum Gasteiger partial charge on any atom is -0.352 e. The zero-order valence-electron chi connectivity index (χ0n) is 17.7. The Morgan fingerprint density at radius 3 is 2.36 bits per heavy atom. The van der Waals surface area contributed by atoms with Crippen LogP contribution < -0.4 is 5.32 Å². The number of amides is 2. The first-order valence-electron chi connectivity index (χ1n) is 10.0. The van der Waals surface area contributed by atoms with Gasteiger partial charge in [0.05, 0.1) is 6.42 Å². The van der Waals surface area contributed by atoms with Gasteiger partial charge >= 0.3 is 0 Å². The third-order valence-electron chi connectivity index (χ3n) is 4.86. The van der Waals surface area contributed by atoms with Gasteiger partial charge in [0.1, 0.15) is 6.04 Å². The van der Waals surface area contributed by atoms with Gasteiger partial charge in [0.2, 0.25) is 11.8 Å². The van der Waals surface area contributed by atoms with Gasteiger partial charge in [-0.1, -0.05) is 61.0 Å². The molecule has 0 radical (unpaired) electrons. The summed E-state index contributed by atoms with van der Waals surface area (Å²) in [5.74, 6) is -0.122. The van der Waals surface area contributed by atoms with Crippen molar-refractivity contribution in [2.24, 2.45) is 0 Å². The van der Waals surface area contributed by atoms with Crippen LogP contribution in [0, 0.1) is 13.8 Å². The molecule has 2 aromatic rings. The molecular formula is C24H32N2O2. The van der Waals surface area contributed by atoms with Crippen LogP contribution in [0.3, 0.4) is 0 Å². The summed E-state index contributed by atoms with van der Waals surface area (Å²) in [4.78, 5) is 27.8. The molecule has 0 aliphatic heterocycles. The van der Waals surface area contributed by atoms with Crippen LogP contribution in [0.4, 0.5) is 0 Å². The molecule has 0 aliphatic rings. The molecule has 4 heteroatoms. The Morgan fingerprint density at radius 2 is 1.75 bits per heavy atom. The first-order chi connectivity index (χ1) is 13.3. The van der Waals surface area contributed by atoms with E-state index < -0.39 is 6.04 Å². The number of carbonyl (C=O) groups excluding carboxylic acids is 2. The maximum Gasteiger partial charge on any atom is 0.243 e. The fourth-order valence-corrected chi connectivity index (χ4v) is 3.37. The normalized spacial score (nSPS) is 11.9. The molecule has 1 unspecified atom stereocenters. The molecule has 0 aromatic heterocycles. The number of aryl methyl sites for hydroxylation is 2. The van der Waals surface area contributed by atoms with Crippen molar-refractivity contribution in [3.8, 4) is 0 Å². The topological polar surface area (TPSA) is 49.4 Å². The molecule has 1 atom stereocenters. The Bertz CT molecular complexity index is 814. The molecule has 28 heavy (non-hydrogen) atoms. The predicted molar refractivity (Wildman–Crippen MR) is 114 cm³/mol. The zero-order valence-corrected chi connectivity index (χ0v) is 17.7. The number of nitrogens with one attached hydrogen (secondary N) is 1. The second-order valence-corrected chi connectivity index (χ2v) is 7.70. The molecule has 0 saturated carbocycles. The van der Waals surface area contributed by atoms with Gasteiger partial charge in [-0.05, 0) is 50.8 Å². The maximum atomic E-state index is 13.3. The van der Waals surface area contributed by atoms with Crippen LogP contribution in [-0.4, -0.2) is 28.8 Å². The first kappa shape index (κ1) is 21.7. The molecule has 2 aromatic carbocycles. The highest BCUT2D eigenvalue weighted by Crippen LogP contribution is 2.17. The van der Waals surface area contributed by atoms with Crippen LogP contribution in [0.5, 0.6) is 0 Å². The largest absolute Gasteiger partial charge is 0.352 e. The number of benzene rings is 2. The van der Waals surface area contributed by atoms with Gasteiger partial charge in [-0.15, -0.1) is 0 Å². The smallest absolute Gasteiger partial charge is 0.243 e. The van der Waals surface area contributed by atoms with Crippen molar-refractivity contribution in [3.63, 3.8) is 0 Å². The summed E-state index contributed by atoms with van der Waals surface area (Å²) in [7, 11) is 0. The summed E-state index contributed by atoms with van der Waals surface area (Å²) in [6, 6.07) is 15.5. The minimum atomic E-state index is -0.487. The Labute approximate surface area is 169 Å². The SMILES string of the molecule is CCC(C(=O)NC(C)C)N(Cc1ccccc1C)C(=O)Cc1cccc(C)c1. The van der Waals surface area contributed by atoms with Gasteiger partial charge in [0, 0.05) is 12.6 Å². The van der Waals surface area contributed by atoms with Crippen LogP contribution in [-0.2, 0) is 22.6 Å². The summed E-state index contributed by atoms with van der Waals surface area (Å²) >= 11 is 0. The van der Waals surface area contributed by atoms with Crippen LogP contribution in [0.1, 0.15) is 49.4 Å². The zero-order chi connectivity index (χ0) is 20.7. The molecule has 0 saturated heterocycles. The quantitative estimate of drug-likeness (QED) is 0.747. The van der Waals surface area contributed by atoms with Gasteiger partial charge < -0.3 is 10.2 Å². The molecule has 1 N–H and O–H groups in total. The van der Waals surface area contributed by atoms with E-state index in [2.05, 4.69) is 5.32 Å². The lowest BCUT2D eigenvalue weighted by atomic mass is 10.0. The molecule has 150 valence electrons. The third-order valence-corrected chi connectivity index (χ3v) is 4.86. The molecule has 0 spiro atoms. The van der Waals surface area contributed by atoms with E-state index in [9.17, 15) is 9.59 Å². The van der Waals surface area contributed by atoms with Crippen molar-refractivity contribution in [1.29, 1.82) is 0 Å². The summed E-state index contributed by atoms with van der Waals surface area (Å²) in [6.45, 7) is 10.3. The lowest BCUT2D eigenvalue weighted by Gasteiger charge is -2.31. The van der Waals surface area contributed by atoms with Crippen molar-refractivity contribution in [3.05, 3.63) is 70.8 Å². The Balaban J connectivity index is 2.32. The minimum absolute atomic E-state index is 0.0281. The van der Waals surface area contributed by atoms with E-state index in [-0.39, 0.29) is 17.9 Å². The van der Waals surface area contributed by atoms with E-state index in [0.717, 1.165) is 22.3 Å². The second-order valence-electron chi connectivity index (χ2n) is 7.70. The molecule has 0 heterocycles. The summed E-state index contributed by atoms with van der Waals surface area (Å²) in [5, 5.41) is 2.97. The van der Waals surface area contributed by atoms with E-state index in [1.165, 1.54) is 0 Å². The summed E-state index contributed by atoms with van der Waals surface area (Å²) in [6.07, 6.45) is 0.864. The number of hydrogen-bond acceptors (Lipinski definition) is 2. The maximum absolute atomic E-state index is 13.3. The van der Waals surface area contributed by atoms with E-state index >= 15 is 0 Å². The Kier molecular flexibility index (Phi) is 7.80. The molecule has 2 amide bonds. The van der Waals surface area contributed by atoms with E-state index in [1.54, 1.807) is 4.90 Å². The first-order valence-corrected chi connectivity index (χ1v) is 10.0. The average molecular weight is 381 g/mol. The summed E-state index contributed by atoms with van der Waals surface area (Å²) in [5.41, 5.74) is 4.28. The molecule has 4 nitrogen and oxygen atoms in total. The van der Waals surface area contributed by atoms with Crippen molar-refractivity contribution in [1.82, 2.24) is 10.2 Å². The van der Waals surface area contributed by atoms with Crippen molar-refractivity contribution < 1.29 is 9.59 Å². The van der Waals surface area contributed by atoms with E-state index in [0.29, 0.717) is 19.4 Å². The van der Waals surface area contributed by atoms with Gasteiger partial charge in [0.25, 0.3) is 0 Å². The highest BCUT2D eigenvalue weighted by Gasteiger charge is 2.29. The predicted octanol–water partition coefficient (Wildman–Crippen LogP) is 4.18. The monoisotopic (exact) mass is 380 g/mol. The molecular weight excluding hydrogens is 348 g/mol. The van der Waals surface area contributed by atoms with E-state index in [1.807, 2.05) is 83.1 Å². The second kappa shape index (κ2) is 10.1. The molecule has 0 fully saturated rings. The number of carbonyl (C=O) groups is 2. The molecule has 0 aliphatic carbocycles. The number of nitrogens with zero attached hydrogens (tertiary/aromatic N) is 1. The van der Waals surface area contributed by atoms with Gasteiger partial charge in [-0.25, -0.2) is 0 Å². The lowest BCUT2D eigenvalue weighted by molar-refractivity contribution is -0.141. The summed E-state index contributed by atoms with van der Waals surface area (Å²) < 4.78 is 0. The number of hydrogen-bond donors (Lipinski definition) is 1. The van der Waals surface area contributed by atoms with Crippen LogP contribution in [0.15, 0.2) is 48.5 Å². The van der Waals surface area contributed by atoms with Gasteiger partial charge in [0.15, 0.2) is 0 Å². The average Bonchev–Trinajstić information content (AvgIpc) is 2.62. The molecule has 2 rings (SSSR count). The van der Waals surface area contributed by atoms with Crippen molar-refractivity contribution in [2.45, 2.75) is 66.1 Å². The Hall–Kier alpha value is -2.62. The van der Waals surface area contributed by atoms with Crippen molar-refractivity contribution in [2.75, 3.05) is 0 Å². The van der Waals surface area contributed by atoms with E-state index in [4.69, 9.17) is 0 Å². The van der Waals surface area contributed by atoms with Crippen LogP contribution >= 0.6 is 0 Å². The fraction of sp³-hybridized carbons (Fsp3) is 0.417. The molecule has 0 bridgehead atoms. The number of rotatable bonds is 8. The van der Waals surface area contributed by atoms with Gasteiger partial charge in [-0.2, -0.15) is 0 Å². The van der Waals surface area contributed by atoms with Crippen LogP contribution in [0.2, 0.25) is 0 Å². The Morgan fingerprint density at radius 1 is 1.04 bits per heavy atom. The third kappa shape index (κ3) is 5.95.